The first-order valence-electron chi connectivity index (χ1n) is 9.17. The SMILES string of the molecule is O=C(CN(c1ccc([N+](=O)[O-])cc1)S(=O)(=O)c1ccccc1)N/N=C\c1ccc(Br)cc1. The van der Waals surface area contributed by atoms with E-state index in [2.05, 4.69) is 26.5 Å². The number of anilines is 1. The summed E-state index contributed by atoms with van der Waals surface area (Å²) in [4.78, 5) is 22.8. The fraction of sp³-hybridized carbons (Fsp3) is 0.0476. The molecule has 0 spiro atoms. The lowest BCUT2D eigenvalue weighted by molar-refractivity contribution is -0.384. The summed E-state index contributed by atoms with van der Waals surface area (Å²) >= 11 is 3.32. The number of benzene rings is 3. The third-order valence-electron chi connectivity index (χ3n) is 4.24. The van der Waals surface area contributed by atoms with E-state index in [1.165, 1.54) is 42.6 Å². The van der Waals surface area contributed by atoms with Crippen LogP contribution in [0.1, 0.15) is 5.56 Å². The number of nitro groups is 1. The van der Waals surface area contributed by atoms with Gasteiger partial charge >= 0.3 is 0 Å². The van der Waals surface area contributed by atoms with E-state index >= 15 is 0 Å². The maximum Gasteiger partial charge on any atom is 0.269 e. The quantitative estimate of drug-likeness (QED) is 0.277. The molecule has 1 amide bonds. The maximum atomic E-state index is 13.2. The van der Waals surface area contributed by atoms with Crippen LogP contribution < -0.4 is 9.73 Å². The lowest BCUT2D eigenvalue weighted by Crippen LogP contribution is -2.39. The van der Waals surface area contributed by atoms with Crippen LogP contribution >= 0.6 is 15.9 Å². The second-order valence-corrected chi connectivity index (χ2v) is 9.22. The summed E-state index contributed by atoms with van der Waals surface area (Å²) in [6, 6.07) is 19.7. The van der Waals surface area contributed by atoms with Crippen LogP contribution in [0.4, 0.5) is 11.4 Å². The largest absolute Gasteiger partial charge is 0.271 e. The summed E-state index contributed by atoms with van der Waals surface area (Å²) in [7, 11) is -4.12. The maximum absolute atomic E-state index is 13.2. The molecule has 3 rings (SSSR count). The third kappa shape index (κ3) is 5.77. The zero-order chi connectivity index (χ0) is 23.1. The van der Waals surface area contributed by atoms with E-state index in [1.54, 1.807) is 30.3 Å². The summed E-state index contributed by atoms with van der Waals surface area (Å²) in [5.41, 5.74) is 2.94. The van der Waals surface area contributed by atoms with Crippen molar-refractivity contribution in [3.63, 3.8) is 0 Å². The average Bonchev–Trinajstić information content (AvgIpc) is 2.79. The van der Waals surface area contributed by atoms with Gasteiger partial charge in [-0.1, -0.05) is 46.3 Å². The van der Waals surface area contributed by atoms with Crippen molar-refractivity contribution in [3.8, 4) is 0 Å². The molecule has 0 aliphatic rings. The Balaban J connectivity index is 1.84. The Morgan fingerprint density at radius 2 is 1.66 bits per heavy atom. The molecular formula is C21H17BrN4O5S. The highest BCUT2D eigenvalue weighted by Crippen LogP contribution is 2.25. The van der Waals surface area contributed by atoms with Gasteiger partial charge in [0.25, 0.3) is 21.6 Å². The fourth-order valence-corrected chi connectivity index (χ4v) is 4.38. The zero-order valence-electron chi connectivity index (χ0n) is 16.5. The molecule has 0 fully saturated rings. The number of nitrogens with one attached hydrogen (secondary N) is 1. The second kappa shape index (κ2) is 10.2. The van der Waals surface area contributed by atoms with Crippen LogP contribution in [0, 0.1) is 10.1 Å². The first-order chi connectivity index (χ1) is 15.3. The Morgan fingerprint density at radius 3 is 2.25 bits per heavy atom. The molecule has 0 aromatic heterocycles. The van der Waals surface area contributed by atoms with Crippen LogP contribution in [0.25, 0.3) is 0 Å². The predicted molar refractivity (Wildman–Crippen MR) is 124 cm³/mol. The van der Waals surface area contributed by atoms with Crippen molar-refractivity contribution in [2.45, 2.75) is 4.90 Å². The average molecular weight is 517 g/mol. The van der Waals surface area contributed by atoms with Crippen LogP contribution in [-0.4, -0.2) is 32.0 Å². The molecule has 0 saturated heterocycles. The van der Waals surface area contributed by atoms with Crippen molar-refractivity contribution in [1.29, 1.82) is 0 Å². The van der Waals surface area contributed by atoms with Gasteiger partial charge in [0, 0.05) is 16.6 Å². The predicted octanol–water partition coefficient (Wildman–Crippen LogP) is 3.70. The monoisotopic (exact) mass is 516 g/mol. The Hall–Kier alpha value is -3.57. The molecule has 32 heavy (non-hydrogen) atoms. The number of nitro benzene ring substituents is 1. The van der Waals surface area contributed by atoms with Crippen molar-refractivity contribution >= 4 is 49.4 Å². The van der Waals surface area contributed by atoms with Gasteiger partial charge < -0.3 is 0 Å². The van der Waals surface area contributed by atoms with Gasteiger partial charge in [0.15, 0.2) is 0 Å². The van der Waals surface area contributed by atoms with E-state index in [0.29, 0.717) is 0 Å². The molecule has 0 radical (unpaired) electrons. The van der Waals surface area contributed by atoms with E-state index in [1.807, 2.05) is 12.1 Å². The molecule has 1 N–H and O–H groups in total. The molecule has 0 heterocycles. The normalized spacial score (nSPS) is 11.3. The number of non-ortho nitro benzene ring substituents is 1. The smallest absolute Gasteiger partial charge is 0.269 e. The van der Waals surface area contributed by atoms with Gasteiger partial charge in [-0.15, -0.1) is 0 Å². The highest BCUT2D eigenvalue weighted by molar-refractivity contribution is 9.10. The molecule has 3 aromatic rings. The van der Waals surface area contributed by atoms with Crippen molar-refractivity contribution in [2.24, 2.45) is 5.10 Å². The molecule has 0 saturated carbocycles. The zero-order valence-corrected chi connectivity index (χ0v) is 18.9. The van der Waals surface area contributed by atoms with Gasteiger partial charge in [0.05, 0.1) is 21.7 Å². The van der Waals surface area contributed by atoms with Crippen molar-refractivity contribution < 1.29 is 18.1 Å². The first kappa shape index (κ1) is 23.1. The lowest BCUT2D eigenvalue weighted by atomic mass is 10.2. The number of carbonyl (C=O) groups excluding carboxylic acids is 1. The van der Waals surface area contributed by atoms with Crippen LogP contribution in [0.15, 0.2) is 93.3 Å². The van der Waals surface area contributed by atoms with E-state index in [0.717, 1.165) is 14.3 Å². The number of hydrogen-bond acceptors (Lipinski definition) is 6. The van der Waals surface area contributed by atoms with Crippen molar-refractivity contribution in [3.05, 3.63) is 99.0 Å². The minimum absolute atomic E-state index is 0.0236. The summed E-state index contributed by atoms with van der Waals surface area (Å²) in [5.74, 6) is -0.684. The molecule has 164 valence electrons. The van der Waals surface area contributed by atoms with Crippen molar-refractivity contribution in [2.75, 3.05) is 10.8 Å². The van der Waals surface area contributed by atoms with Gasteiger partial charge in [-0.3, -0.25) is 19.2 Å². The summed E-state index contributed by atoms with van der Waals surface area (Å²) < 4.78 is 28.1. The van der Waals surface area contributed by atoms with Gasteiger partial charge in [-0.2, -0.15) is 5.10 Å². The molecule has 0 aliphatic carbocycles. The molecule has 3 aromatic carbocycles. The number of rotatable bonds is 8. The Bertz CT molecular complexity index is 1230. The van der Waals surface area contributed by atoms with Crippen molar-refractivity contribution in [1.82, 2.24) is 5.43 Å². The van der Waals surface area contributed by atoms with Crippen LogP contribution in [0.2, 0.25) is 0 Å². The van der Waals surface area contributed by atoms with Crippen LogP contribution in [0.3, 0.4) is 0 Å². The van der Waals surface area contributed by atoms with Gasteiger partial charge in [0.1, 0.15) is 6.54 Å². The summed E-state index contributed by atoms with van der Waals surface area (Å²) in [6.45, 7) is -0.577. The summed E-state index contributed by atoms with van der Waals surface area (Å²) in [6.07, 6.45) is 1.42. The van der Waals surface area contributed by atoms with Gasteiger partial charge in [-0.25, -0.2) is 13.8 Å². The summed E-state index contributed by atoms with van der Waals surface area (Å²) in [5, 5.41) is 14.8. The number of hydrazone groups is 1. The molecule has 11 heteroatoms. The van der Waals surface area contributed by atoms with Crippen LogP contribution in [-0.2, 0) is 14.8 Å². The lowest BCUT2D eigenvalue weighted by Gasteiger charge is -2.23. The number of hydrogen-bond donors (Lipinski definition) is 1. The molecule has 0 aliphatic heterocycles. The fourth-order valence-electron chi connectivity index (χ4n) is 2.67. The Labute approximate surface area is 192 Å². The van der Waals surface area contributed by atoms with E-state index in [-0.39, 0.29) is 16.3 Å². The minimum Gasteiger partial charge on any atom is -0.271 e. The minimum atomic E-state index is -4.12. The highest BCUT2D eigenvalue weighted by Gasteiger charge is 2.27. The molecule has 9 nitrogen and oxygen atoms in total. The van der Waals surface area contributed by atoms with E-state index in [4.69, 9.17) is 0 Å². The number of nitrogens with zero attached hydrogens (tertiary/aromatic N) is 3. The highest BCUT2D eigenvalue weighted by atomic mass is 79.9. The topological polar surface area (TPSA) is 122 Å². The van der Waals surface area contributed by atoms with Gasteiger partial charge in [-0.05, 0) is 42.0 Å². The van der Waals surface area contributed by atoms with Gasteiger partial charge in [0.2, 0.25) is 0 Å². The standard InChI is InChI=1S/C21H17BrN4O5S/c22-17-8-6-16(7-9-17)14-23-24-21(27)15-25(18-10-12-19(13-11-18)26(28)29)32(30,31)20-4-2-1-3-5-20/h1-14H,15H2,(H,24,27)/b23-14-. The van der Waals surface area contributed by atoms with E-state index in [9.17, 15) is 23.3 Å². The third-order valence-corrected chi connectivity index (χ3v) is 6.56. The first-order valence-corrected chi connectivity index (χ1v) is 11.4. The molecular weight excluding hydrogens is 500 g/mol. The number of halogens is 1. The molecule has 0 atom stereocenters. The molecule has 0 bridgehead atoms. The van der Waals surface area contributed by atoms with Crippen LogP contribution in [0.5, 0.6) is 0 Å². The number of amides is 1. The molecule has 0 unspecified atom stereocenters. The number of sulfonamides is 1. The second-order valence-electron chi connectivity index (χ2n) is 6.44. The number of carbonyl (C=O) groups is 1. The van der Waals surface area contributed by atoms with E-state index < -0.39 is 27.4 Å². The Morgan fingerprint density at radius 1 is 1.03 bits per heavy atom. The Kier molecular flexibility index (Phi) is 7.33.